The molecule has 0 unspecified atom stereocenters. The van der Waals surface area contributed by atoms with Crippen LogP contribution >= 0.6 is 0 Å². The predicted molar refractivity (Wildman–Crippen MR) is 76.0 cm³/mol. The largest absolute Gasteiger partial charge is 0.353 e. The number of nitrogens with zero attached hydrogens (tertiary/aromatic N) is 5. The lowest BCUT2D eigenvalue weighted by atomic mass is 10.3. The normalized spacial score (nSPS) is 15.0. The topological polar surface area (TPSA) is 87.4 Å². The maximum Gasteiger partial charge on any atom is 0.329 e. The fraction of sp³-hybridized carbons (Fsp3) is 0.385. The summed E-state index contributed by atoms with van der Waals surface area (Å²) in [5, 5.41) is 6.16. The molecule has 0 aliphatic carbocycles. The van der Waals surface area contributed by atoms with E-state index in [1.165, 1.54) is 12.3 Å². The number of anilines is 2. The number of amides is 2. The van der Waals surface area contributed by atoms with Crippen LogP contribution in [0.15, 0.2) is 22.9 Å². The monoisotopic (exact) mass is 306 g/mol. The second-order valence-electron chi connectivity index (χ2n) is 4.89. The number of hydrogen-bond acceptors (Lipinski definition) is 6. The van der Waals surface area contributed by atoms with Gasteiger partial charge < -0.3 is 14.3 Å². The van der Waals surface area contributed by atoms with Crippen LogP contribution in [0.3, 0.4) is 0 Å². The van der Waals surface area contributed by atoms with E-state index in [0.717, 1.165) is 0 Å². The summed E-state index contributed by atoms with van der Waals surface area (Å²) in [7, 11) is 0. The number of carbonyl (C=O) groups is 1. The highest BCUT2D eigenvalue weighted by molar-refractivity contribution is 5.87. The van der Waals surface area contributed by atoms with E-state index in [-0.39, 0.29) is 17.9 Å². The van der Waals surface area contributed by atoms with Crippen LogP contribution in [0.2, 0.25) is 0 Å². The molecular formula is C13H15FN6O2. The summed E-state index contributed by atoms with van der Waals surface area (Å²) in [6, 6.07) is 2.81. The molecular weight excluding hydrogens is 291 g/mol. The van der Waals surface area contributed by atoms with Gasteiger partial charge in [-0.1, -0.05) is 5.16 Å². The van der Waals surface area contributed by atoms with Gasteiger partial charge in [0, 0.05) is 26.2 Å². The molecule has 0 aromatic carbocycles. The van der Waals surface area contributed by atoms with Crippen molar-refractivity contribution < 1.29 is 13.7 Å². The van der Waals surface area contributed by atoms with Crippen LogP contribution in [0.5, 0.6) is 0 Å². The van der Waals surface area contributed by atoms with Crippen molar-refractivity contribution in [3.63, 3.8) is 0 Å². The number of rotatable bonds is 2. The molecule has 2 aromatic heterocycles. The van der Waals surface area contributed by atoms with E-state index < -0.39 is 0 Å². The number of halogens is 1. The predicted octanol–water partition coefficient (Wildman–Crippen LogP) is 1.27. The number of nitrogens with one attached hydrogen (secondary N) is 1. The van der Waals surface area contributed by atoms with Crippen molar-refractivity contribution in [1.82, 2.24) is 20.0 Å². The summed E-state index contributed by atoms with van der Waals surface area (Å²) in [6.45, 7) is 3.97. The average Bonchev–Trinajstić information content (AvgIpc) is 2.93. The zero-order valence-electron chi connectivity index (χ0n) is 12.0. The number of aromatic nitrogens is 3. The van der Waals surface area contributed by atoms with Crippen LogP contribution < -0.4 is 10.2 Å². The molecule has 8 nitrogen and oxygen atoms in total. The highest BCUT2D eigenvalue weighted by Gasteiger charge is 2.23. The lowest BCUT2D eigenvalue weighted by molar-refractivity contribution is 0.207. The third-order valence-electron chi connectivity index (χ3n) is 3.34. The van der Waals surface area contributed by atoms with E-state index in [1.807, 2.05) is 4.90 Å². The minimum absolute atomic E-state index is 0.0881. The first kappa shape index (κ1) is 14.2. The molecule has 0 spiro atoms. The molecule has 0 radical (unpaired) electrons. The molecule has 3 rings (SSSR count). The van der Waals surface area contributed by atoms with Gasteiger partial charge in [-0.3, -0.25) is 5.32 Å². The first-order valence-corrected chi connectivity index (χ1v) is 6.84. The Kier molecular flexibility index (Phi) is 3.86. The van der Waals surface area contributed by atoms with Crippen molar-refractivity contribution >= 4 is 17.9 Å². The van der Waals surface area contributed by atoms with Gasteiger partial charge in [0.25, 0.3) is 0 Å². The zero-order valence-corrected chi connectivity index (χ0v) is 12.0. The molecule has 116 valence electrons. The third-order valence-corrected chi connectivity index (χ3v) is 3.34. The van der Waals surface area contributed by atoms with Crippen LogP contribution in [-0.2, 0) is 0 Å². The maximum atomic E-state index is 12.9. The minimum Gasteiger partial charge on any atom is -0.353 e. The number of hydrogen-bond donors (Lipinski definition) is 1. The first-order valence-electron chi connectivity index (χ1n) is 6.84. The smallest absolute Gasteiger partial charge is 0.329 e. The third kappa shape index (κ3) is 3.13. The molecule has 22 heavy (non-hydrogen) atoms. The highest BCUT2D eigenvalue weighted by Crippen LogP contribution is 2.14. The van der Waals surface area contributed by atoms with Gasteiger partial charge in [-0.25, -0.2) is 14.2 Å². The standard InChI is InChI=1S/C13H15FN6O2/c1-9-16-12(22-18-9)17-13(21)20-6-4-19(5-7-20)11-3-2-10(14)8-15-11/h2-3,8H,4-7H2,1H3,(H,16,17,18,21). The van der Waals surface area contributed by atoms with Gasteiger partial charge in [-0.2, -0.15) is 4.98 Å². The second-order valence-corrected chi connectivity index (χ2v) is 4.89. The van der Waals surface area contributed by atoms with Crippen molar-refractivity contribution in [3.05, 3.63) is 30.0 Å². The van der Waals surface area contributed by atoms with Crippen LogP contribution in [0, 0.1) is 12.7 Å². The Labute approximate surface area is 125 Å². The molecule has 1 aliphatic rings. The Balaban J connectivity index is 1.54. The van der Waals surface area contributed by atoms with Crippen LogP contribution in [0.4, 0.5) is 21.0 Å². The Bertz CT molecular complexity index is 651. The second kappa shape index (κ2) is 5.96. The summed E-state index contributed by atoms with van der Waals surface area (Å²) in [5.41, 5.74) is 0. The lowest BCUT2D eigenvalue weighted by Crippen LogP contribution is -2.50. The van der Waals surface area contributed by atoms with Crippen molar-refractivity contribution in [2.75, 3.05) is 36.4 Å². The van der Waals surface area contributed by atoms with Crippen LogP contribution in [-0.4, -0.2) is 52.2 Å². The fourth-order valence-electron chi connectivity index (χ4n) is 2.21. The summed E-state index contributed by atoms with van der Waals surface area (Å²) < 4.78 is 17.7. The zero-order chi connectivity index (χ0) is 15.5. The van der Waals surface area contributed by atoms with E-state index in [1.54, 1.807) is 17.9 Å². The Morgan fingerprint density at radius 3 is 2.68 bits per heavy atom. The summed E-state index contributed by atoms with van der Waals surface area (Å²) in [4.78, 5) is 23.7. The summed E-state index contributed by atoms with van der Waals surface area (Å²) >= 11 is 0. The van der Waals surface area contributed by atoms with Gasteiger partial charge in [0.1, 0.15) is 11.6 Å². The van der Waals surface area contributed by atoms with E-state index in [4.69, 9.17) is 4.52 Å². The molecule has 2 amide bonds. The van der Waals surface area contributed by atoms with E-state index in [2.05, 4.69) is 20.4 Å². The van der Waals surface area contributed by atoms with Gasteiger partial charge in [0.15, 0.2) is 5.82 Å². The maximum absolute atomic E-state index is 12.9. The quantitative estimate of drug-likeness (QED) is 0.899. The number of carbonyl (C=O) groups excluding carboxylic acids is 1. The van der Waals surface area contributed by atoms with Gasteiger partial charge in [-0.05, 0) is 19.1 Å². The van der Waals surface area contributed by atoms with Crippen molar-refractivity contribution in [2.45, 2.75) is 6.92 Å². The molecule has 1 fully saturated rings. The Morgan fingerprint density at radius 2 is 2.09 bits per heavy atom. The van der Waals surface area contributed by atoms with E-state index >= 15 is 0 Å². The number of piperazine rings is 1. The molecule has 0 bridgehead atoms. The van der Waals surface area contributed by atoms with Crippen molar-refractivity contribution in [2.24, 2.45) is 0 Å². The molecule has 3 heterocycles. The minimum atomic E-state index is -0.364. The Morgan fingerprint density at radius 1 is 1.32 bits per heavy atom. The lowest BCUT2D eigenvalue weighted by Gasteiger charge is -2.35. The summed E-state index contributed by atoms with van der Waals surface area (Å²) in [6.07, 6.45) is 1.19. The first-order chi connectivity index (χ1) is 10.6. The molecule has 9 heteroatoms. The van der Waals surface area contributed by atoms with Crippen molar-refractivity contribution in [3.8, 4) is 0 Å². The average molecular weight is 306 g/mol. The molecule has 1 aliphatic heterocycles. The van der Waals surface area contributed by atoms with Crippen LogP contribution in [0.1, 0.15) is 5.82 Å². The van der Waals surface area contributed by atoms with Gasteiger partial charge in [-0.15, -0.1) is 0 Å². The van der Waals surface area contributed by atoms with E-state index in [0.29, 0.717) is 37.8 Å². The molecule has 1 N–H and O–H groups in total. The summed E-state index contributed by atoms with van der Waals surface area (Å²) in [5.74, 6) is 0.799. The Hall–Kier alpha value is -2.71. The highest BCUT2D eigenvalue weighted by atomic mass is 19.1. The van der Waals surface area contributed by atoms with Crippen LogP contribution in [0.25, 0.3) is 0 Å². The van der Waals surface area contributed by atoms with Crippen molar-refractivity contribution in [1.29, 1.82) is 0 Å². The number of pyridine rings is 1. The SMILES string of the molecule is Cc1noc(NC(=O)N2CCN(c3ccc(F)cn3)CC2)n1. The fourth-order valence-corrected chi connectivity index (χ4v) is 2.21. The molecule has 0 atom stereocenters. The van der Waals surface area contributed by atoms with E-state index in [9.17, 15) is 9.18 Å². The van der Waals surface area contributed by atoms with Gasteiger partial charge in [0.05, 0.1) is 6.20 Å². The molecule has 2 aromatic rings. The van der Waals surface area contributed by atoms with Gasteiger partial charge in [0.2, 0.25) is 0 Å². The number of urea groups is 1. The number of aryl methyl sites for hydroxylation is 1. The van der Waals surface area contributed by atoms with Gasteiger partial charge >= 0.3 is 12.0 Å². The molecule has 0 saturated carbocycles. The molecule has 1 saturated heterocycles.